The molecule has 0 aliphatic carbocycles. The summed E-state index contributed by atoms with van der Waals surface area (Å²) in [6.45, 7) is 28.3. The van der Waals surface area contributed by atoms with Crippen LogP contribution in [-0.2, 0) is 9.59 Å². The molecule has 182 valence electrons. The molecule has 0 unspecified atom stereocenters. The van der Waals surface area contributed by atoms with Gasteiger partial charge in [-0.05, 0) is 59.7 Å². The lowest BCUT2D eigenvalue weighted by atomic mass is 10.1. The third-order valence-corrected chi connectivity index (χ3v) is 3.97. The molecule has 0 aromatic heterocycles. The molecule has 0 aliphatic heterocycles. The van der Waals surface area contributed by atoms with E-state index in [2.05, 4.69) is 55.1 Å². The maximum Gasteiger partial charge on any atom is 0.234 e. The van der Waals surface area contributed by atoms with Crippen molar-refractivity contribution >= 4 is 11.8 Å². The van der Waals surface area contributed by atoms with E-state index in [1.54, 1.807) is 0 Å². The number of rotatable bonds is 12. The van der Waals surface area contributed by atoms with Crippen molar-refractivity contribution in [2.45, 2.75) is 94.5 Å². The summed E-state index contributed by atoms with van der Waals surface area (Å²) in [4.78, 5) is 27.2. The van der Waals surface area contributed by atoms with Crippen LogP contribution in [0.3, 0.4) is 0 Å². The Kier molecular flexibility index (Phi) is 23.6. The summed E-state index contributed by atoms with van der Waals surface area (Å²) in [6.07, 6.45) is 2.34. The molecule has 0 aromatic rings. The molecule has 0 fully saturated rings. The first-order valence-corrected chi connectivity index (χ1v) is 12.0. The fourth-order valence-electron chi connectivity index (χ4n) is 2.67. The van der Waals surface area contributed by atoms with E-state index in [4.69, 9.17) is 0 Å². The first-order valence-electron chi connectivity index (χ1n) is 12.0. The van der Waals surface area contributed by atoms with Crippen LogP contribution in [0.2, 0.25) is 0 Å². The van der Waals surface area contributed by atoms with Crippen LogP contribution in [-0.4, -0.2) is 73.0 Å². The maximum atomic E-state index is 11.6. The van der Waals surface area contributed by atoms with Crippen LogP contribution in [0.4, 0.5) is 0 Å². The molecular weight excluding hydrogens is 376 g/mol. The molecule has 0 heterocycles. The first kappa shape index (κ1) is 33.5. The van der Waals surface area contributed by atoms with Crippen molar-refractivity contribution in [3.63, 3.8) is 0 Å². The Balaban J connectivity index is -0.000000452. The van der Waals surface area contributed by atoms with Crippen LogP contribution in [0.5, 0.6) is 0 Å². The average molecular weight is 431 g/mol. The lowest BCUT2D eigenvalue weighted by Gasteiger charge is -2.24. The van der Waals surface area contributed by atoms with E-state index in [1.165, 1.54) is 6.42 Å². The Hall–Kier alpha value is -1.14. The van der Waals surface area contributed by atoms with Crippen molar-refractivity contribution in [1.82, 2.24) is 20.4 Å². The fourth-order valence-corrected chi connectivity index (χ4v) is 2.67. The Morgan fingerprint density at radius 2 is 1.37 bits per heavy atom. The monoisotopic (exact) mass is 430 g/mol. The second-order valence-corrected chi connectivity index (χ2v) is 8.70. The van der Waals surface area contributed by atoms with Gasteiger partial charge in [0.05, 0.1) is 13.1 Å². The van der Waals surface area contributed by atoms with Gasteiger partial charge in [-0.3, -0.25) is 19.4 Å². The van der Waals surface area contributed by atoms with Gasteiger partial charge in [0.25, 0.3) is 0 Å². The van der Waals surface area contributed by atoms with Gasteiger partial charge in [0, 0.05) is 18.6 Å². The van der Waals surface area contributed by atoms with Gasteiger partial charge in [-0.1, -0.05) is 54.9 Å². The van der Waals surface area contributed by atoms with Crippen molar-refractivity contribution in [3.05, 3.63) is 0 Å². The Morgan fingerprint density at radius 3 is 1.73 bits per heavy atom. The molecule has 0 atom stereocenters. The maximum absolute atomic E-state index is 11.6. The number of carbonyl (C=O) groups is 2. The van der Waals surface area contributed by atoms with Crippen molar-refractivity contribution in [2.24, 2.45) is 5.92 Å². The molecule has 0 aliphatic rings. The quantitative estimate of drug-likeness (QED) is 0.488. The minimum atomic E-state index is -0.124. The highest BCUT2D eigenvalue weighted by Crippen LogP contribution is 2.00. The number of carbonyl (C=O) groups excluding carboxylic acids is 2. The van der Waals surface area contributed by atoms with E-state index >= 15 is 0 Å². The highest BCUT2D eigenvalue weighted by atomic mass is 16.2. The minimum Gasteiger partial charge on any atom is -0.355 e. The van der Waals surface area contributed by atoms with Crippen LogP contribution in [0.15, 0.2) is 0 Å². The molecule has 6 heteroatoms. The van der Waals surface area contributed by atoms with E-state index in [9.17, 15) is 9.59 Å². The fraction of sp³-hybridized carbons (Fsp3) is 0.917. The second kappa shape index (κ2) is 21.1. The molecule has 0 rings (SSSR count). The lowest BCUT2D eigenvalue weighted by molar-refractivity contribution is -0.124. The standard InChI is InChI=1S/C12H26N2O.C10H22N2O.C2H6/c1-6-8-9-14(7-2)10-11(15)13-12(3,4)5;1-5-11-10(13)8-12(6-2)7-9(3)4;1-2/h6-10H2,1-5H3,(H,13,15);9H,5-8H2,1-4H3,(H,11,13);1-2H3. The topological polar surface area (TPSA) is 64.7 Å². The van der Waals surface area contributed by atoms with Gasteiger partial charge in [0.15, 0.2) is 0 Å². The summed E-state index contributed by atoms with van der Waals surface area (Å²) >= 11 is 0. The van der Waals surface area contributed by atoms with Crippen LogP contribution in [0, 0.1) is 5.92 Å². The predicted molar refractivity (Wildman–Crippen MR) is 132 cm³/mol. The van der Waals surface area contributed by atoms with Crippen molar-refractivity contribution < 1.29 is 9.59 Å². The number of hydrogen-bond donors (Lipinski definition) is 2. The van der Waals surface area contributed by atoms with Gasteiger partial charge in [-0.25, -0.2) is 0 Å². The zero-order valence-corrected chi connectivity index (χ0v) is 22.2. The van der Waals surface area contributed by atoms with Crippen LogP contribution in [0.1, 0.15) is 89.0 Å². The molecule has 0 spiro atoms. The normalized spacial score (nSPS) is 10.9. The summed E-state index contributed by atoms with van der Waals surface area (Å²) in [6, 6.07) is 0. The second-order valence-electron chi connectivity index (χ2n) is 8.70. The van der Waals surface area contributed by atoms with Crippen LogP contribution < -0.4 is 10.6 Å². The van der Waals surface area contributed by atoms with Gasteiger partial charge in [-0.2, -0.15) is 0 Å². The molecule has 6 nitrogen and oxygen atoms in total. The van der Waals surface area contributed by atoms with E-state index in [0.717, 1.165) is 39.1 Å². The molecule has 0 aromatic carbocycles. The molecule has 30 heavy (non-hydrogen) atoms. The van der Waals surface area contributed by atoms with Crippen molar-refractivity contribution in [1.29, 1.82) is 0 Å². The summed E-state index contributed by atoms with van der Waals surface area (Å²) in [5.41, 5.74) is -0.124. The molecule has 0 saturated carbocycles. The Labute approximate surface area is 188 Å². The van der Waals surface area contributed by atoms with Crippen molar-refractivity contribution in [3.8, 4) is 0 Å². The molecule has 0 bridgehead atoms. The average Bonchev–Trinajstić information content (AvgIpc) is 2.65. The third kappa shape index (κ3) is 24.9. The van der Waals surface area contributed by atoms with E-state index in [0.29, 0.717) is 19.0 Å². The highest BCUT2D eigenvalue weighted by Gasteiger charge is 2.15. The van der Waals surface area contributed by atoms with Gasteiger partial charge >= 0.3 is 0 Å². The summed E-state index contributed by atoms with van der Waals surface area (Å²) in [5, 5.41) is 5.78. The minimum absolute atomic E-state index is 0.124. The van der Waals surface area contributed by atoms with E-state index in [1.807, 2.05) is 41.5 Å². The number of unbranched alkanes of at least 4 members (excludes halogenated alkanes) is 1. The predicted octanol–water partition coefficient (Wildman–Crippen LogP) is 4.15. The van der Waals surface area contributed by atoms with Gasteiger partial charge < -0.3 is 10.6 Å². The molecule has 0 saturated heterocycles. The molecule has 0 radical (unpaired) electrons. The Bertz CT molecular complexity index is 407. The number of likely N-dealkylation sites (N-methyl/N-ethyl adjacent to an activating group) is 3. The molecule has 2 amide bonds. The zero-order chi connectivity index (χ0) is 24.2. The summed E-state index contributed by atoms with van der Waals surface area (Å²) in [7, 11) is 0. The van der Waals surface area contributed by atoms with Crippen LogP contribution >= 0.6 is 0 Å². The number of nitrogens with one attached hydrogen (secondary N) is 2. The van der Waals surface area contributed by atoms with E-state index in [-0.39, 0.29) is 17.4 Å². The summed E-state index contributed by atoms with van der Waals surface area (Å²) in [5.74, 6) is 0.875. The first-order chi connectivity index (χ1) is 14.0. The SMILES string of the molecule is CC.CCCCN(CC)CC(=O)NC(C)(C)C.CCNC(=O)CN(CC)CC(C)C. The van der Waals surface area contributed by atoms with Gasteiger partial charge in [-0.15, -0.1) is 0 Å². The number of nitrogens with zero attached hydrogens (tertiary/aromatic N) is 2. The van der Waals surface area contributed by atoms with Crippen LogP contribution in [0.25, 0.3) is 0 Å². The molecule has 2 N–H and O–H groups in total. The number of amides is 2. The summed E-state index contributed by atoms with van der Waals surface area (Å²) < 4.78 is 0. The third-order valence-electron chi connectivity index (χ3n) is 3.97. The zero-order valence-electron chi connectivity index (χ0n) is 22.2. The smallest absolute Gasteiger partial charge is 0.234 e. The Morgan fingerprint density at radius 1 is 0.867 bits per heavy atom. The van der Waals surface area contributed by atoms with Gasteiger partial charge in [0.2, 0.25) is 11.8 Å². The molecular formula is C24H54N4O2. The van der Waals surface area contributed by atoms with E-state index < -0.39 is 0 Å². The largest absolute Gasteiger partial charge is 0.355 e. The van der Waals surface area contributed by atoms with Gasteiger partial charge in [0.1, 0.15) is 0 Å². The lowest BCUT2D eigenvalue weighted by Crippen LogP contribution is -2.46. The van der Waals surface area contributed by atoms with Crippen molar-refractivity contribution in [2.75, 3.05) is 45.8 Å². The highest BCUT2D eigenvalue weighted by molar-refractivity contribution is 5.78. The number of hydrogen-bond acceptors (Lipinski definition) is 4.